The van der Waals surface area contributed by atoms with Gasteiger partial charge in [-0.15, -0.1) is 5.10 Å². The van der Waals surface area contributed by atoms with Crippen LogP contribution in [0.5, 0.6) is 0 Å². The number of nitrogens with zero attached hydrogens (tertiary/aromatic N) is 4. The van der Waals surface area contributed by atoms with E-state index in [1.807, 2.05) is 22.9 Å². The number of hydrogen-bond donors (Lipinski definition) is 1. The summed E-state index contributed by atoms with van der Waals surface area (Å²) in [5.74, 6) is 0.791. The lowest BCUT2D eigenvalue weighted by molar-refractivity contribution is 0.382. The molecule has 0 unspecified atom stereocenters. The van der Waals surface area contributed by atoms with Crippen molar-refractivity contribution in [1.82, 2.24) is 20.2 Å². The van der Waals surface area contributed by atoms with Gasteiger partial charge in [0.25, 0.3) is 0 Å². The van der Waals surface area contributed by atoms with Crippen molar-refractivity contribution in [2.45, 2.75) is 32.7 Å². The molecular weight excluding hydrogens is 306 g/mol. The highest BCUT2D eigenvalue weighted by molar-refractivity contribution is 9.10. The molecule has 1 saturated carbocycles. The first-order chi connectivity index (χ1) is 9.13. The van der Waals surface area contributed by atoms with E-state index in [2.05, 4.69) is 38.4 Å². The van der Waals surface area contributed by atoms with Crippen LogP contribution >= 0.6 is 15.9 Å². The highest BCUT2D eigenvalue weighted by Crippen LogP contribution is 2.50. The van der Waals surface area contributed by atoms with Crippen molar-refractivity contribution in [2.24, 2.45) is 5.41 Å². The predicted octanol–water partition coefficient (Wildman–Crippen LogP) is 2.88. The fraction of sp³-hybridized carbons (Fsp3) is 0.462. The fourth-order valence-corrected chi connectivity index (χ4v) is 2.57. The number of halogens is 1. The number of benzene rings is 1. The van der Waals surface area contributed by atoms with Gasteiger partial charge in [0.1, 0.15) is 0 Å². The number of anilines is 1. The van der Waals surface area contributed by atoms with Gasteiger partial charge in [0.05, 0.1) is 6.54 Å². The molecule has 1 heterocycles. The zero-order chi connectivity index (χ0) is 13.5. The molecule has 6 heteroatoms. The summed E-state index contributed by atoms with van der Waals surface area (Å²) < 4.78 is 2.79. The molecule has 5 nitrogen and oxygen atoms in total. The van der Waals surface area contributed by atoms with Crippen molar-refractivity contribution in [3.63, 3.8) is 0 Å². The third-order valence-electron chi connectivity index (χ3n) is 3.98. The van der Waals surface area contributed by atoms with Crippen LogP contribution in [-0.2, 0) is 6.54 Å². The molecule has 0 amide bonds. The van der Waals surface area contributed by atoms with Crippen LogP contribution < -0.4 is 5.73 Å². The molecule has 0 atom stereocenters. The molecule has 1 fully saturated rings. The van der Waals surface area contributed by atoms with Crippen molar-refractivity contribution in [1.29, 1.82) is 0 Å². The van der Waals surface area contributed by atoms with Gasteiger partial charge in [-0.3, -0.25) is 0 Å². The third kappa shape index (κ3) is 2.36. The molecule has 0 aliphatic heterocycles. The Morgan fingerprint density at radius 1 is 1.42 bits per heavy atom. The Labute approximate surface area is 120 Å². The fourth-order valence-electron chi connectivity index (χ4n) is 2.32. The van der Waals surface area contributed by atoms with Crippen LogP contribution in [0.3, 0.4) is 0 Å². The van der Waals surface area contributed by atoms with E-state index in [0.717, 1.165) is 22.4 Å². The maximum absolute atomic E-state index is 5.92. The molecule has 2 N–H and O–H groups in total. The molecule has 2 aromatic rings. The molecule has 0 bridgehead atoms. The molecule has 1 aliphatic carbocycles. The van der Waals surface area contributed by atoms with Gasteiger partial charge in [-0.25, -0.2) is 4.68 Å². The summed E-state index contributed by atoms with van der Waals surface area (Å²) in [4.78, 5) is 0. The molecule has 0 radical (unpaired) electrons. The van der Waals surface area contributed by atoms with E-state index in [0.29, 0.717) is 11.1 Å². The minimum absolute atomic E-state index is 0.408. The second-order valence-electron chi connectivity index (χ2n) is 5.25. The highest BCUT2D eigenvalue weighted by Gasteiger charge is 2.41. The van der Waals surface area contributed by atoms with Gasteiger partial charge >= 0.3 is 0 Å². The van der Waals surface area contributed by atoms with Crippen LogP contribution in [0.4, 0.5) is 5.69 Å². The first-order valence-electron chi connectivity index (χ1n) is 6.45. The normalized spacial score (nSPS) is 16.5. The maximum Gasteiger partial charge on any atom is 0.182 e. The van der Waals surface area contributed by atoms with E-state index >= 15 is 0 Å². The van der Waals surface area contributed by atoms with Gasteiger partial charge in [-0.2, -0.15) is 0 Å². The summed E-state index contributed by atoms with van der Waals surface area (Å²) in [6.07, 6.45) is 3.71. The standard InChI is InChI=1S/C13H16BrN5/c1-2-13(5-6-13)8-19-12(16-17-18-19)9-3-4-10(14)11(15)7-9/h3-4,7H,2,5-6,8,15H2,1H3. The van der Waals surface area contributed by atoms with Gasteiger partial charge < -0.3 is 5.73 Å². The van der Waals surface area contributed by atoms with Crippen molar-refractivity contribution in [3.8, 4) is 11.4 Å². The quantitative estimate of drug-likeness (QED) is 0.879. The summed E-state index contributed by atoms with van der Waals surface area (Å²) in [6, 6.07) is 5.81. The van der Waals surface area contributed by atoms with Gasteiger partial charge in [-0.05, 0) is 69.2 Å². The monoisotopic (exact) mass is 321 g/mol. The molecule has 1 aromatic carbocycles. The largest absolute Gasteiger partial charge is 0.398 e. The van der Waals surface area contributed by atoms with Gasteiger partial charge in [-0.1, -0.05) is 6.92 Å². The molecule has 1 aromatic heterocycles. The molecule has 100 valence electrons. The second kappa shape index (κ2) is 4.59. The Hall–Kier alpha value is -1.43. The summed E-state index contributed by atoms with van der Waals surface area (Å²) in [5, 5.41) is 12.1. The Bertz CT molecular complexity index is 603. The number of rotatable bonds is 4. The Kier molecular flexibility index (Phi) is 3.05. The number of tetrazole rings is 1. The molecule has 0 saturated heterocycles. The zero-order valence-corrected chi connectivity index (χ0v) is 12.4. The highest BCUT2D eigenvalue weighted by atomic mass is 79.9. The summed E-state index contributed by atoms with van der Waals surface area (Å²) >= 11 is 3.40. The van der Waals surface area contributed by atoms with Crippen LogP contribution in [0.25, 0.3) is 11.4 Å². The van der Waals surface area contributed by atoms with E-state index in [1.54, 1.807) is 0 Å². The van der Waals surface area contributed by atoms with E-state index in [1.165, 1.54) is 19.3 Å². The van der Waals surface area contributed by atoms with Crippen LogP contribution in [0.15, 0.2) is 22.7 Å². The number of nitrogen functional groups attached to an aromatic ring is 1. The summed E-state index contributed by atoms with van der Waals surface area (Å²) in [5.41, 5.74) is 7.98. The molecule has 1 aliphatic rings. The van der Waals surface area contributed by atoms with Gasteiger partial charge in [0.15, 0.2) is 5.82 Å². The Morgan fingerprint density at radius 2 is 2.21 bits per heavy atom. The average molecular weight is 322 g/mol. The Morgan fingerprint density at radius 3 is 2.84 bits per heavy atom. The first-order valence-corrected chi connectivity index (χ1v) is 7.24. The lowest BCUT2D eigenvalue weighted by atomic mass is 10.0. The van der Waals surface area contributed by atoms with Gasteiger partial charge in [0, 0.05) is 15.7 Å². The van der Waals surface area contributed by atoms with Crippen LogP contribution in [0.1, 0.15) is 26.2 Å². The summed E-state index contributed by atoms with van der Waals surface area (Å²) in [7, 11) is 0. The smallest absolute Gasteiger partial charge is 0.182 e. The Balaban J connectivity index is 1.93. The first kappa shape index (κ1) is 12.6. The molecule has 19 heavy (non-hydrogen) atoms. The summed E-state index contributed by atoms with van der Waals surface area (Å²) in [6.45, 7) is 3.12. The van der Waals surface area contributed by atoms with Crippen LogP contribution in [0.2, 0.25) is 0 Å². The third-order valence-corrected chi connectivity index (χ3v) is 4.70. The van der Waals surface area contributed by atoms with Crippen LogP contribution in [-0.4, -0.2) is 20.2 Å². The van der Waals surface area contributed by atoms with Crippen molar-refractivity contribution in [2.75, 3.05) is 5.73 Å². The number of aromatic nitrogens is 4. The van der Waals surface area contributed by atoms with Crippen LogP contribution in [0, 0.1) is 5.41 Å². The minimum Gasteiger partial charge on any atom is -0.398 e. The van der Waals surface area contributed by atoms with Crippen molar-refractivity contribution >= 4 is 21.6 Å². The van der Waals surface area contributed by atoms with E-state index < -0.39 is 0 Å². The zero-order valence-electron chi connectivity index (χ0n) is 10.8. The topological polar surface area (TPSA) is 69.6 Å². The lowest BCUT2D eigenvalue weighted by Gasteiger charge is -2.13. The minimum atomic E-state index is 0.408. The second-order valence-corrected chi connectivity index (χ2v) is 6.10. The molecule has 0 spiro atoms. The SMILES string of the molecule is CCC1(Cn2nnnc2-c2ccc(Br)c(N)c2)CC1. The lowest BCUT2D eigenvalue weighted by Crippen LogP contribution is -2.13. The average Bonchev–Trinajstić information content (AvgIpc) is 3.03. The van der Waals surface area contributed by atoms with E-state index in [-0.39, 0.29) is 0 Å². The number of hydrogen-bond acceptors (Lipinski definition) is 4. The van der Waals surface area contributed by atoms with E-state index in [4.69, 9.17) is 5.73 Å². The number of nitrogens with two attached hydrogens (primary N) is 1. The maximum atomic E-state index is 5.92. The molecule has 3 rings (SSSR count). The van der Waals surface area contributed by atoms with Crippen molar-refractivity contribution in [3.05, 3.63) is 22.7 Å². The van der Waals surface area contributed by atoms with Gasteiger partial charge in [0.2, 0.25) is 0 Å². The molecular formula is C13H16BrN5. The van der Waals surface area contributed by atoms with Crippen molar-refractivity contribution < 1.29 is 0 Å². The van der Waals surface area contributed by atoms with E-state index in [9.17, 15) is 0 Å². The predicted molar refractivity (Wildman–Crippen MR) is 77.3 cm³/mol.